The number of hydrogen-bond acceptors (Lipinski definition) is 5. The zero-order valence-corrected chi connectivity index (χ0v) is 17.8. The number of carbonyl (C=O) groups is 2. The smallest absolute Gasteiger partial charge is 0.251 e. The lowest BCUT2D eigenvalue weighted by atomic mass is 10.1. The van der Waals surface area contributed by atoms with Gasteiger partial charge in [-0.2, -0.15) is 0 Å². The molecule has 7 heteroatoms. The molecule has 162 valence electrons. The van der Waals surface area contributed by atoms with Crippen LogP contribution in [0.3, 0.4) is 0 Å². The highest BCUT2D eigenvalue weighted by molar-refractivity contribution is 5.95. The Morgan fingerprint density at radius 3 is 2.00 bits per heavy atom. The van der Waals surface area contributed by atoms with Crippen LogP contribution in [0.5, 0.6) is 17.2 Å². The largest absolute Gasteiger partial charge is 0.490 e. The molecule has 0 bridgehead atoms. The van der Waals surface area contributed by atoms with E-state index in [4.69, 9.17) is 14.2 Å². The number of rotatable bonds is 12. The molecule has 0 aromatic heterocycles. The molecule has 0 unspecified atom stereocenters. The zero-order chi connectivity index (χ0) is 21.8. The summed E-state index contributed by atoms with van der Waals surface area (Å²) in [5.41, 5.74) is 1.41. The minimum absolute atomic E-state index is 0.129. The maximum absolute atomic E-state index is 12.6. The van der Waals surface area contributed by atoms with Gasteiger partial charge in [0.1, 0.15) is 0 Å². The van der Waals surface area contributed by atoms with Crippen molar-refractivity contribution in [2.24, 2.45) is 0 Å². The second-order valence-corrected chi connectivity index (χ2v) is 6.37. The quantitative estimate of drug-likeness (QED) is 0.556. The summed E-state index contributed by atoms with van der Waals surface area (Å²) in [6.45, 7) is 7.57. The Kier molecular flexibility index (Phi) is 9.51. The number of amides is 2. The summed E-state index contributed by atoms with van der Waals surface area (Å²) in [5, 5.41) is 5.61. The van der Waals surface area contributed by atoms with Crippen molar-refractivity contribution in [2.45, 2.75) is 33.7 Å². The van der Waals surface area contributed by atoms with E-state index in [1.54, 1.807) is 12.1 Å². The van der Waals surface area contributed by atoms with Crippen LogP contribution in [-0.2, 0) is 11.3 Å². The summed E-state index contributed by atoms with van der Waals surface area (Å²) in [6.07, 6.45) is 0.187. The first kappa shape index (κ1) is 23.1. The topological polar surface area (TPSA) is 85.9 Å². The molecule has 0 spiro atoms. The van der Waals surface area contributed by atoms with Crippen LogP contribution in [-0.4, -0.2) is 38.2 Å². The molecule has 30 heavy (non-hydrogen) atoms. The molecule has 2 aromatic rings. The molecule has 0 fully saturated rings. The van der Waals surface area contributed by atoms with Crippen molar-refractivity contribution < 1.29 is 23.8 Å². The molecule has 7 nitrogen and oxygen atoms in total. The van der Waals surface area contributed by atoms with E-state index in [-0.39, 0.29) is 24.8 Å². The standard InChI is InChI=1S/C23H30N2O5/c1-4-28-19-14-18(15-20(29-5-2)22(19)30-6-3)23(27)24-13-12-21(26)25-16-17-10-8-7-9-11-17/h7-11,14-15H,4-6,12-13,16H2,1-3H3,(H,24,27)(H,25,26). The fraction of sp³-hybridized carbons (Fsp3) is 0.391. The van der Waals surface area contributed by atoms with E-state index in [1.807, 2.05) is 51.1 Å². The molecule has 2 rings (SSSR count). The highest BCUT2D eigenvalue weighted by Gasteiger charge is 2.18. The predicted octanol–water partition coefficient (Wildman–Crippen LogP) is 3.32. The summed E-state index contributed by atoms with van der Waals surface area (Å²) >= 11 is 0. The first-order valence-corrected chi connectivity index (χ1v) is 10.2. The Morgan fingerprint density at radius 1 is 0.833 bits per heavy atom. The van der Waals surface area contributed by atoms with Crippen molar-refractivity contribution in [3.8, 4) is 17.2 Å². The summed E-state index contributed by atoms with van der Waals surface area (Å²) < 4.78 is 16.9. The van der Waals surface area contributed by atoms with Crippen molar-refractivity contribution in [3.63, 3.8) is 0 Å². The zero-order valence-electron chi connectivity index (χ0n) is 17.8. The molecule has 0 aliphatic rings. The third-order valence-corrected chi connectivity index (χ3v) is 4.14. The Labute approximate surface area is 177 Å². The van der Waals surface area contributed by atoms with E-state index < -0.39 is 0 Å². The lowest BCUT2D eigenvalue weighted by Crippen LogP contribution is -2.30. The Balaban J connectivity index is 1.95. The summed E-state index contributed by atoms with van der Waals surface area (Å²) in [5.74, 6) is 0.955. The molecular formula is C23H30N2O5. The number of benzene rings is 2. The van der Waals surface area contributed by atoms with Gasteiger partial charge in [-0.25, -0.2) is 0 Å². The average Bonchev–Trinajstić information content (AvgIpc) is 2.75. The van der Waals surface area contributed by atoms with Gasteiger partial charge in [0.05, 0.1) is 19.8 Å². The minimum atomic E-state index is -0.309. The average molecular weight is 415 g/mol. The van der Waals surface area contributed by atoms with Crippen LogP contribution in [0, 0.1) is 0 Å². The number of nitrogens with one attached hydrogen (secondary N) is 2. The fourth-order valence-electron chi connectivity index (χ4n) is 2.80. The van der Waals surface area contributed by atoms with Crippen LogP contribution in [0.2, 0.25) is 0 Å². The molecule has 2 amide bonds. The minimum Gasteiger partial charge on any atom is -0.490 e. The predicted molar refractivity (Wildman–Crippen MR) is 115 cm³/mol. The van der Waals surface area contributed by atoms with Crippen molar-refractivity contribution in [3.05, 3.63) is 53.6 Å². The SMILES string of the molecule is CCOc1cc(C(=O)NCCC(=O)NCc2ccccc2)cc(OCC)c1OCC. The summed E-state index contributed by atoms with van der Waals surface area (Å²) in [6, 6.07) is 12.9. The monoisotopic (exact) mass is 414 g/mol. The van der Waals surface area contributed by atoms with Crippen LogP contribution in [0.25, 0.3) is 0 Å². The van der Waals surface area contributed by atoms with Crippen LogP contribution >= 0.6 is 0 Å². The fourth-order valence-corrected chi connectivity index (χ4v) is 2.80. The molecule has 0 aliphatic heterocycles. The van der Waals surface area contributed by atoms with Crippen molar-refractivity contribution in [1.82, 2.24) is 10.6 Å². The van der Waals surface area contributed by atoms with Gasteiger partial charge in [-0.3, -0.25) is 9.59 Å². The first-order chi connectivity index (χ1) is 14.6. The summed E-state index contributed by atoms with van der Waals surface area (Å²) in [7, 11) is 0. The van der Waals surface area contributed by atoms with E-state index in [9.17, 15) is 9.59 Å². The van der Waals surface area contributed by atoms with Gasteiger partial charge in [0, 0.05) is 25.1 Å². The van der Waals surface area contributed by atoms with E-state index in [0.717, 1.165) is 5.56 Å². The molecule has 2 N–H and O–H groups in total. The molecule has 0 saturated carbocycles. The van der Waals surface area contributed by atoms with Crippen molar-refractivity contribution >= 4 is 11.8 Å². The first-order valence-electron chi connectivity index (χ1n) is 10.2. The van der Waals surface area contributed by atoms with E-state index in [1.165, 1.54) is 0 Å². The third-order valence-electron chi connectivity index (χ3n) is 4.14. The van der Waals surface area contributed by atoms with Gasteiger partial charge in [0.2, 0.25) is 11.7 Å². The molecule has 0 aliphatic carbocycles. The number of hydrogen-bond donors (Lipinski definition) is 2. The van der Waals surface area contributed by atoms with Gasteiger partial charge in [-0.1, -0.05) is 30.3 Å². The van der Waals surface area contributed by atoms with Gasteiger partial charge in [-0.05, 0) is 38.5 Å². The molecule has 0 atom stereocenters. The normalized spacial score (nSPS) is 10.2. The van der Waals surface area contributed by atoms with E-state index in [2.05, 4.69) is 10.6 Å². The lowest BCUT2D eigenvalue weighted by Gasteiger charge is -2.17. The van der Waals surface area contributed by atoms with Gasteiger partial charge in [0.15, 0.2) is 11.5 Å². The molecule has 0 radical (unpaired) electrons. The van der Waals surface area contributed by atoms with Gasteiger partial charge < -0.3 is 24.8 Å². The Hall–Kier alpha value is -3.22. The maximum atomic E-state index is 12.6. The Morgan fingerprint density at radius 2 is 1.43 bits per heavy atom. The highest BCUT2D eigenvalue weighted by Crippen LogP contribution is 2.39. The van der Waals surface area contributed by atoms with Crippen LogP contribution in [0.4, 0.5) is 0 Å². The number of ether oxygens (including phenoxy) is 3. The van der Waals surface area contributed by atoms with E-state index in [0.29, 0.717) is 49.2 Å². The highest BCUT2D eigenvalue weighted by atomic mass is 16.5. The van der Waals surface area contributed by atoms with Gasteiger partial charge in [0.25, 0.3) is 5.91 Å². The summed E-state index contributed by atoms with van der Waals surface area (Å²) in [4.78, 5) is 24.6. The second kappa shape index (κ2) is 12.4. The van der Waals surface area contributed by atoms with Crippen molar-refractivity contribution in [1.29, 1.82) is 0 Å². The third kappa shape index (κ3) is 6.99. The molecule has 0 heterocycles. The van der Waals surface area contributed by atoms with Crippen LogP contribution < -0.4 is 24.8 Å². The Bertz CT molecular complexity index is 797. The molecule has 2 aromatic carbocycles. The second-order valence-electron chi connectivity index (χ2n) is 6.37. The van der Waals surface area contributed by atoms with Crippen LogP contribution in [0.15, 0.2) is 42.5 Å². The van der Waals surface area contributed by atoms with Gasteiger partial charge >= 0.3 is 0 Å². The molecule has 0 saturated heterocycles. The van der Waals surface area contributed by atoms with E-state index >= 15 is 0 Å². The van der Waals surface area contributed by atoms with Crippen molar-refractivity contribution in [2.75, 3.05) is 26.4 Å². The lowest BCUT2D eigenvalue weighted by molar-refractivity contribution is -0.121. The van der Waals surface area contributed by atoms with Crippen LogP contribution in [0.1, 0.15) is 43.1 Å². The molecular weight excluding hydrogens is 384 g/mol. The van der Waals surface area contributed by atoms with Gasteiger partial charge in [-0.15, -0.1) is 0 Å². The number of carbonyl (C=O) groups excluding carboxylic acids is 2. The maximum Gasteiger partial charge on any atom is 0.251 e.